The first kappa shape index (κ1) is 16.0. The van der Waals surface area contributed by atoms with Crippen LogP contribution in [-0.4, -0.2) is 35.1 Å². The van der Waals surface area contributed by atoms with Gasteiger partial charge in [-0.05, 0) is 37.5 Å². The van der Waals surface area contributed by atoms with Crippen molar-refractivity contribution in [1.82, 2.24) is 4.90 Å². The van der Waals surface area contributed by atoms with Gasteiger partial charge >= 0.3 is 0 Å². The van der Waals surface area contributed by atoms with Crippen molar-refractivity contribution in [3.05, 3.63) is 34.3 Å². The summed E-state index contributed by atoms with van der Waals surface area (Å²) in [5, 5.41) is 9.77. The Bertz CT molecular complexity index is 430. The van der Waals surface area contributed by atoms with Crippen molar-refractivity contribution in [2.75, 3.05) is 13.2 Å². The average Bonchev–Trinajstić information content (AvgIpc) is 2.41. The summed E-state index contributed by atoms with van der Waals surface area (Å²) in [5.74, 6) is -0.0530. The van der Waals surface area contributed by atoms with E-state index in [0.717, 1.165) is 18.4 Å². The Kier molecular flexibility index (Phi) is 6.32. The van der Waals surface area contributed by atoms with E-state index >= 15 is 0 Å². The zero-order chi connectivity index (χ0) is 14.4. The maximum absolute atomic E-state index is 12.6. The minimum atomic E-state index is -0.0530. The van der Waals surface area contributed by atoms with Crippen LogP contribution in [0.3, 0.4) is 0 Å². The summed E-state index contributed by atoms with van der Waals surface area (Å²) < 4.78 is 0. The lowest BCUT2D eigenvalue weighted by Crippen LogP contribution is -2.41. The molecule has 0 saturated carbocycles. The van der Waals surface area contributed by atoms with Crippen LogP contribution in [0.1, 0.15) is 42.6 Å². The Balaban J connectivity index is 3.08. The SMILES string of the molecule is CCC(CC)N(CCO)C(=O)c1cccc(Cl)c1C. The molecule has 0 aliphatic heterocycles. The summed E-state index contributed by atoms with van der Waals surface area (Å²) in [6, 6.07) is 5.50. The zero-order valence-corrected chi connectivity index (χ0v) is 12.6. The molecule has 0 aliphatic rings. The first-order valence-electron chi connectivity index (χ1n) is 6.73. The summed E-state index contributed by atoms with van der Waals surface area (Å²) >= 11 is 6.07. The fourth-order valence-electron chi connectivity index (χ4n) is 2.28. The third kappa shape index (κ3) is 3.71. The summed E-state index contributed by atoms with van der Waals surface area (Å²) in [6.07, 6.45) is 1.75. The van der Waals surface area contributed by atoms with E-state index in [1.165, 1.54) is 0 Å². The smallest absolute Gasteiger partial charge is 0.254 e. The molecule has 1 aromatic carbocycles. The molecule has 1 aromatic rings. The van der Waals surface area contributed by atoms with Gasteiger partial charge in [0.1, 0.15) is 0 Å². The van der Waals surface area contributed by atoms with E-state index < -0.39 is 0 Å². The largest absolute Gasteiger partial charge is 0.395 e. The molecule has 0 unspecified atom stereocenters. The van der Waals surface area contributed by atoms with Crippen LogP contribution in [-0.2, 0) is 0 Å². The molecule has 19 heavy (non-hydrogen) atoms. The minimum Gasteiger partial charge on any atom is -0.395 e. The highest BCUT2D eigenvalue weighted by Gasteiger charge is 2.23. The highest BCUT2D eigenvalue weighted by atomic mass is 35.5. The Morgan fingerprint density at radius 2 is 2.00 bits per heavy atom. The summed E-state index contributed by atoms with van der Waals surface area (Å²) in [5.41, 5.74) is 1.41. The van der Waals surface area contributed by atoms with Gasteiger partial charge in [0.2, 0.25) is 0 Å². The summed E-state index contributed by atoms with van der Waals surface area (Å²) in [7, 11) is 0. The van der Waals surface area contributed by atoms with Gasteiger partial charge in [-0.25, -0.2) is 0 Å². The third-order valence-electron chi connectivity index (χ3n) is 3.48. The molecule has 4 heteroatoms. The number of hydrogen-bond acceptors (Lipinski definition) is 2. The first-order chi connectivity index (χ1) is 9.06. The number of carbonyl (C=O) groups excluding carboxylic acids is 1. The van der Waals surface area contributed by atoms with Gasteiger partial charge in [-0.15, -0.1) is 0 Å². The van der Waals surface area contributed by atoms with E-state index in [1.54, 1.807) is 23.1 Å². The van der Waals surface area contributed by atoms with E-state index in [4.69, 9.17) is 11.6 Å². The molecule has 0 bridgehead atoms. The van der Waals surface area contributed by atoms with Crippen LogP contribution in [0.5, 0.6) is 0 Å². The molecule has 1 amide bonds. The Morgan fingerprint density at radius 1 is 1.37 bits per heavy atom. The third-order valence-corrected chi connectivity index (χ3v) is 3.89. The normalized spacial score (nSPS) is 10.8. The maximum Gasteiger partial charge on any atom is 0.254 e. The lowest BCUT2D eigenvalue weighted by atomic mass is 10.0. The second-order valence-corrected chi connectivity index (χ2v) is 5.01. The number of nitrogens with zero attached hydrogens (tertiary/aromatic N) is 1. The van der Waals surface area contributed by atoms with Crippen LogP contribution in [0, 0.1) is 6.92 Å². The average molecular weight is 284 g/mol. The van der Waals surface area contributed by atoms with Crippen LogP contribution in [0.2, 0.25) is 5.02 Å². The molecule has 0 spiro atoms. The van der Waals surface area contributed by atoms with Gasteiger partial charge in [0.25, 0.3) is 5.91 Å². The molecule has 0 atom stereocenters. The van der Waals surface area contributed by atoms with Gasteiger partial charge in [0, 0.05) is 23.2 Å². The predicted molar refractivity (Wildman–Crippen MR) is 78.7 cm³/mol. The van der Waals surface area contributed by atoms with Crippen molar-refractivity contribution in [2.45, 2.75) is 39.7 Å². The highest BCUT2D eigenvalue weighted by molar-refractivity contribution is 6.31. The quantitative estimate of drug-likeness (QED) is 0.870. The fraction of sp³-hybridized carbons (Fsp3) is 0.533. The van der Waals surface area contributed by atoms with Crippen molar-refractivity contribution < 1.29 is 9.90 Å². The van der Waals surface area contributed by atoms with Crippen LogP contribution in [0.25, 0.3) is 0 Å². The summed E-state index contributed by atoms with van der Waals surface area (Å²) in [6.45, 7) is 6.28. The van der Waals surface area contributed by atoms with Gasteiger partial charge in [0.15, 0.2) is 0 Å². The van der Waals surface area contributed by atoms with Crippen LogP contribution in [0.15, 0.2) is 18.2 Å². The van der Waals surface area contributed by atoms with Crippen molar-refractivity contribution in [3.8, 4) is 0 Å². The van der Waals surface area contributed by atoms with Crippen LogP contribution in [0.4, 0.5) is 0 Å². The Hall–Kier alpha value is -1.06. The monoisotopic (exact) mass is 283 g/mol. The maximum atomic E-state index is 12.6. The van der Waals surface area contributed by atoms with Gasteiger partial charge in [-0.3, -0.25) is 4.79 Å². The number of hydrogen-bond donors (Lipinski definition) is 1. The Morgan fingerprint density at radius 3 is 2.53 bits per heavy atom. The molecular weight excluding hydrogens is 262 g/mol. The standard InChI is InChI=1S/C15H22ClNO2/c1-4-12(5-2)17(9-10-18)15(19)13-7-6-8-14(16)11(13)3/h6-8,12,18H,4-5,9-10H2,1-3H3. The van der Waals surface area contributed by atoms with E-state index in [1.807, 2.05) is 6.92 Å². The Labute approximate surface area is 120 Å². The predicted octanol–water partition coefficient (Wildman–Crippen LogP) is 3.27. The molecule has 1 N–H and O–H groups in total. The second-order valence-electron chi connectivity index (χ2n) is 4.60. The highest BCUT2D eigenvalue weighted by Crippen LogP contribution is 2.22. The molecule has 0 saturated heterocycles. The van der Waals surface area contributed by atoms with Crippen molar-refractivity contribution in [2.24, 2.45) is 0 Å². The molecule has 0 aromatic heterocycles. The molecule has 106 valence electrons. The zero-order valence-electron chi connectivity index (χ0n) is 11.8. The molecular formula is C15H22ClNO2. The number of aliphatic hydroxyl groups excluding tert-OH is 1. The van der Waals surface area contributed by atoms with E-state index in [-0.39, 0.29) is 18.6 Å². The second kappa shape index (κ2) is 7.51. The van der Waals surface area contributed by atoms with E-state index in [2.05, 4.69) is 13.8 Å². The van der Waals surface area contributed by atoms with Crippen LogP contribution < -0.4 is 0 Å². The van der Waals surface area contributed by atoms with Gasteiger partial charge < -0.3 is 10.0 Å². The van der Waals surface area contributed by atoms with Crippen molar-refractivity contribution in [3.63, 3.8) is 0 Å². The summed E-state index contributed by atoms with van der Waals surface area (Å²) in [4.78, 5) is 14.4. The van der Waals surface area contributed by atoms with Gasteiger partial charge in [-0.1, -0.05) is 31.5 Å². The number of rotatable bonds is 6. The lowest BCUT2D eigenvalue weighted by molar-refractivity contribution is 0.0621. The van der Waals surface area contributed by atoms with E-state index in [9.17, 15) is 9.90 Å². The number of carbonyl (C=O) groups is 1. The molecule has 1 rings (SSSR count). The van der Waals surface area contributed by atoms with Crippen LogP contribution >= 0.6 is 11.6 Å². The molecule has 0 aliphatic carbocycles. The molecule has 0 radical (unpaired) electrons. The molecule has 0 heterocycles. The fourth-order valence-corrected chi connectivity index (χ4v) is 2.46. The first-order valence-corrected chi connectivity index (χ1v) is 7.11. The van der Waals surface area contributed by atoms with Gasteiger partial charge in [0.05, 0.1) is 6.61 Å². The number of aliphatic hydroxyl groups is 1. The van der Waals surface area contributed by atoms with Gasteiger partial charge in [-0.2, -0.15) is 0 Å². The molecule has 0 fully saturated rings. The van der Waals surface area contributed by atoms with E-state index in [0.29, 0.717) is 17.1 Å². The lowest BCUT2D eigenvalue weighted by Gasteiger charge is -2.30. The minimum absolute atomic E-state index is 0.0259. The molecule has 3 nitrogen and oxygen atoms in total. The van der Waals surface area contributed by atoms with Crippen molar-refractivity contribution in [1.29, 1.82) is 0 Å². The number of halogens is 1. The number of benzene rings is 1. The topological polar surface area (TPSA) is 40.5 Å². The number of amides is 1. The van der Waals surface area contributed by atoms with Crippen molar-refractivity contribution >= 4 is 17.5 Å².